The van der Waals surface area contributed by atoms with Gasteiger partial charge in [0.15, 0.2) is 0 Å². The summed E-state index contributed by atoms with van der Waals surface area (Å²) in [4.78, 5) is 10.5. The van der Waals surface area contributed by atoms with Crippen LogP contribution in [0.3, 0.4) is 0 Å². The zero-order valence-corrected chi connectivity index (χ0v) is 16.8. The molecule has 0 radical (unpaired) electrons. The second-order valence-corrected chi connectivity index (χ2v) is 8.37. The predicted octanol–water partition coefficient (Wildman–Crippen LogP) is 7.38. The van der Waals surface area contributed by atoms with Gasteiger partial charge in [0.05, 0.1) is 4.92 Å². The molecule has 0 fully saturated rings. The molecule has 0 heterocycles. The highest BCUT2D eigenvalue weighted by atomic mass is 16.6. The fraction of sp³-hybridized carbons (Fsp3) is 0.154. The Morgan fingerprint density at radius 1 is 0.724 bits per heavy atom. The zero-order valence-electron chi connectivity index (χ0n) is 16.8. The summed E-state index contributed by atoms with van der Waals surface area (Å²) in [5.74, 6) is 0. The van der Waals surface area contributed by atoms with Crippen molar-refractivity contribution < 1.29 is 4.92 Å². The Hall–Kier alpha value is -3.46. The number of hydrogen-bond donors (Lipinski definition) is 0. The first-order chi connectivity index (χ1) is 13.8. The highest BCUT2D eigenvalue weighted by molar-refractivity contribution is 5.98. The average Bonchev–Trinajstić information content (AvgIpc) is 2.72. The summed E-state index contributed by atoms with van der Waals surface area (Å²) >= 11 is 0. The number of benzene rings is 4. The van der Waals surface area contributed by atoms with E-state index in [2.05, 4.69) is 81.4 Å². The van der Waals surface area contributed by atoms with Crippen molar-refractivity contribution in [3.8, 4) is 22.3 Å². The number of fused-ring (bicyclic) bond motifs is 1. The molecule has 0 aliphatic rings. The number of hydrogen-bond acceptors (Lipinski definition) is 2. The Kier molecular flexibility index (Phi) is 4.67. The Morgan fingerprint density at radius 2 is 1.34 bits per heavy atom. The van der Waals surface area contributed by atoms with Crippen LogP contribution in [-0.4, -0.2) is 4.92 Å². The van der Waals surface area contributed by atoms with Crippen LogP contribution in [0.4, 0.5) is 5.69 Å². The molecule has 0 saturated heterocycles. The summed E-state index contributed by atoms with van der Waals surface area (Å²) in [7, 11) is 0. The molecule has 0 bridgehead atoms. The fourth-order valence-electron chi connectivity index (χ4n) is 3.64. The van der Waals surface area contributed by atoms with Gasteiger partial charge in [0.1, 0.15) is 0 Å². The Morgan fingerprint density at radius 3 is 1.97 bits per heavy atom. The Bertz CT molecular complexity index is 1180. The zero-order chi connectivity index (χ0) is 20.6. The van der Waals surface area contributed by atoms with Crippen LogP contribution < -0.4 is 0 Å². The molecule has 0 aliphatic heterocycles. The van der Waals surface area contributed by atoms with E-state index in [1.807, 2.05) is 0 Å². The van der Waals surface area contributed by atoms with Crippen LogP contribution in [0.1, 0.15) is 26.3 Å². The van der Waals surface area contributed by atoms with Crippen LogP contribution >= 0.6 is 0 Å². The molecule has 3 nitrogen and oxygen atoms in total. The highest BCUT2D eigenvalue weighted by Crippen LogP contribution is 2.33. The standard InChI is InChI=1S/C26H23NO2/c1-26(2,3)22-12-7-19(8-13-22)24-6-4-5-21-17-20(11-16-25(21)24)18-9-14-23(15-10-18)27(28)29/h4-17H,1-3H3. The maximum Gasteiger partial charge on any atom is 0.269 e. The maximum atomic E-state index is 10.9. The molecule has 0 saturated carbocycles. The minimum atomic E-state index is -0.374. The van der Waals surface area contributed by atoms with Crippen molar-refractivity contribution in [3.63, 3.8) is 0 Å². The van der Waals surface area contributed by atoms with Gasteiger partial charge < -0.3 is 0 Å². The smallest absolute Gasteiger partial charge is 0.258 e. The minimum Gasteiger partial charge on any atom is -0.258 e. The van der Waals surface area contributed by atoms with Gasteiger partial charge in [0, 0.05) is 12.1 Å². The number of nitrogens with zero attached hydrogens (tertiary/aromatic N) is 1. The first-order valence-electron chi connectivity index (χ1n) is 9.71. The number of nitro groups is 1. The lowest BCUT2D eigenvalue weighted by Crippen LogP contribution is -2.10. The lowest BCUT2D eigenvalue weighted by molar-refractivity contribution is -0.384. The van der Waals surface area contributed by atoms with Crippen LogP contribution in [0, 0.1) is 10.1 Å². The first-order valence-corrected chi connectivity index (χ1v) is 9.71. The van der Waals surface area contributed by atoms with Crippen molar-refractivity contribution in [3.05, 3.63) is 101 Å². The van der Waals surface area contributed by atoms with Gasteiger partial charge in [0.25, 0.3) is 5.69 Å². The molecule has 144 valence electrons. The Balaban J connectivity index is 1.74. The van der Waals surface area contributed by atoms with E-state index in [-0.39, 0.29) is 16.0 Å². The third-order valence-corrected chi connectivity index (χ3v) is 5.35. The van der Waals surface area contributed by atoms with E-state index in [1.165, 1.54) is 22.1 Å². The topological polar surface area (TPSA) is 43.1 Å². The number of non-ortho nitro benzene ring substituents is 1. The van der Waals surface area contributed by atoms with E-state index >= 15 is 0 Å². The van der Waals surface area contributed by atoms with Crippen molar-refractivity contribution in [1.29, 1.82) is 0 Å². The largest absolute Gasteiger partial charge is 0.269 e. The molecule has 0 amide bonds. The maximum absolute atomic E-state index is 10.9. The van der Waals surface area contributed by atoms with E-state index < -0.39 is 0 Å². The quantitative estimate of drug-likeness (QED) is 0.274. The lowest BCUT2D eigenvalue weighted by atomic mass is 9.86. The molecule has 0 unspecified atom stereocenters. The van der Waals surface area contributed by atoms with Crippen LogP contribution in [0.2, 0.25) is 0 Å². The fourth-order valence-corrected chi connectivity index (χ4v) is 3.64. The Labute approximate surface area is 170 Å². The average molecular weight is 381 g/mol. The second kappa shape index (κ2) is 7.17. The van der Waals surface area contributed by atoms with E-state index in [0.717, 1.165) is 16.5 Å². The van der Waals surface area contributed by atoms with Crippen molar-refractivity contribution >= 4 is 16.5 Å². The van der Waals surface area contributed by atoms with Gasteiger partial charge in [-0.15, -0.1) is 0 Å². The molecule has 4 aromatic carbocycles. The normalized spacial score (nSPS) is 11.6. The van der Waals surface area contributed by atoms with Crippen molar-refractivity contribution in [2.75, 3.05) is 0 Å². The van der Waals surface area contributed by atoms with Gasteiger partial charge in [0.2, 0.25) is 0 Å². The summed E-state index contributed by atoms with van der Waals surface area (Å²) in [6, 6.07) is 28.2. The third-order valence-electron chi connectivity index (χ3n) is 5.35. The van der Waals surface area contributed by atoms with Gasteiger partial charge >= 0.3 is 0 Å². The van der Waals surface area contributed by atoms with Gasteiger partial charge in [-0.25, -0.2) is 0 Å². The number of rotatable bonds is 3. The molecule has 0 aliphatic carbocycles. The minimum absolute atomic E-state index is 0.107. The van der Waals surface area contributed by atoms with Gasteiger partial charge in [-0.2, -0.15) is 0 Å². The van der Waals surface area contributed by atoms with E-state index in [9.17, 15) is 10.1 Å². The lowest BCUT2D eigenvalue weighted by Gasteiger charge is -2.19. The summed E-state index contributed by atoms with van der Waals surface area (Å²) < 4.78 is 0. The van der Waals surface area contributed by atoms with E-state index in [4.69, 9.17) is 0 Å². The summed E-state index contributed by atoms with van der Waals surface area (Å²) in [6.07, 6.45) is 0. The highest BCUT2D eigenvalue weighted by Gasteiger charge is 2.14. The predicted molar refractivity (Wildman–Crippen MR) is 120 cm³/mol. The van der Waals surface area contributed by atoms with Crippen LogP contribution in [0.15, 0.2) is 84.9 Å². The molecular weight excluding hydrogens is 358 g/mol. The van der Waals surface area contributed by atoms with Crippen molar-refractivity contribution in [2.45, 2.75) is 26.2 Å². The van der Waals surface area contributed by atoms with E-state index in [0.29, 0.717) is 0 Å². The molecule has 29 heavy (non-hydrogen) atoms. The summed E-state index contributed by atoms with van der Waals surface area (Å²) in [6.45, 7) is 6.67. The molecule has 0 aromatic heterocycles. The van der Waals surface area contributed by atoms with E-state index in [1.54, 1.807) is 24.3 Å². The van der Waals surface area contributed by atoms with Crippen LogP contribution in [0.25, 0.3) is 33.0 Å². The summed E-state index contributed by atoms with van der Waals surface area (Å²) in [5, 5.41) is 13.2. The second-order valence-electron chi connectivity index (χ2n) is 8.37. The van der Waals surface area contributed by atoms with Crippen molar-refractivity contribution in [1.82, 2.24) is 0 Å². The van der Waals surface area contributed by atoms with Gasteiger partial charge in [-0.3, -0.25) is 10.1 Å². The van der Waals surface area contributed by atoms with Gasteiger partial charge in [-0.05, 0) is 62.2 Å². The monoisotopic (exact) mass is 381 g/mol. The van der Waals surface area contributed by atoms with Crippen molar-refractivity contribution in [2.24, 2.45) is 0 Å². The molecule has 4 rings (SSSR count). The van der Waals surface area contributed by atoms with Crippen LogP contribution in [0.5, 0.6) is 0 Å². The SMILES string of the molecule is CC(C)(C)c1ccc(-c2cccc3cc(-c4ccc([N+](=O)[O-])cc4)ccc23)cc1. The first kappa shape index (κ1) is 18.9. The molecule has 4 aromatic rings. The van der Waals surface area contributed by atoms with Crippen LogP contribution in [-0.2, 0) is 5.41 Å². The summed E-state index contributed by atoms with van der Waals surface area (Å²) in [5.41, 5.74) is 5.99. The third kappa shape index (κ3) is 3.77. The molecule has 0 atom stereocenters. The van der Waals surface area contributed by atoms with Gasteiger partial charge in [-0.1, -0.05) is 75.4 Å². The molecule has 3 heteroatoms. The number of nitro benzene ring substituents is 1. The molecule has 0 spiro atoms. The molecule has 0 N–H and O–H groups in total. The molecular formula is C26H23NO2.